The molecule has 0 spiro atoms. The van der Waals surface area contributed by atoms with Crippen molar-refractivity contribution in [3.8, 4) is 11.6 Å². The van der Waals surface area contributed by atoms with Crippen LogP contribution in [-0.4, -0.2) is 4.98 Å². The molecular weight excluding hydrogens is 267 g/mol. The van der Waals surface area contributed by atoms with Crippen LogP contribution >= 0.6 is 11.6 Å². The molecule has 2 rings (SSSR count). The van der Waals surface area contributed by atoms with E-state index in [9.17, 15) is 4.39 Å². The standard InChI is InChI=1S/C14H14ClFN2O/c1-8-3-11(15)4-9(2)13(8)19-14-10(6-17)5-12(16)7-18-14/h3-5,7H,6,17H2,1-2H3. The van der Waals surface area contributed by atoms with Gasteiger partial charge in [0.15, 0.2) is 0 Å². The van der Waals surface area contributed by atoms with Gasteiger partial charge in [0, 0.05) is 17.1 Å². The Morgan fingerprint density at radius 1 is 1.26 bits per heavy atom. The number of hydrogen-bond donors (Lipinski definition) is 1. The predicted molar refractivity (Wildman–Crippen MR) is 73.1 cm³/mol. The van der Waals surface area contributed by atoms with E-state index in [-0.39, 0.29) is 6.54 Å². The predicted octanol–water partition coefficient (Wildman–Crippen LogP) is 3.74. The maximum Gasteiger partial charge on any atom is 0.223 e. The fourth-order valence-corrected chi connectivity index (χ4v) is 2.19. The van der Waals surface area contributed by atoms with E-state index in [4.69, 9.17) is 22.1 Å². The number of rotatable bonds is 3. The molecule has 3 nitrogen and oxygen atoms in total. The summed E-state index contributed by atoms with van der Waals surface area (Å²) in [5.41, 5.74) is 7.86. The zero-order valence-electron chi connectivity index (χ0n) is 10.7. The van der Waals surface area contributed by atoms with Crippen molar-refractivity contribution in [1.29, 1.82) is 0 Å². The molecule has 0 aliphatic carbocycles. The van der Waals surface area contributed by atoms with Gasteiger partial charge in [-0.05, 0) is 43.2 Å². The van der Waals surface area contributed by atoms with E-state index in [1.807, 2.05) is 13.8 Å². The number of hydrogen-bond acceptors (Lipinski definition) is 3. The van der Waals surface area contributed by atoms with Crippen LogP contribution in [0.25, 0.3) is 0 Å². The lowest BCUT2D eigenvalue weighted by Gasteiger charge is -2.13. The Hall–Kier alpha value is -1.65. The Bertz CT molecular complexity index is 593. The summed E-state index contributed by atoms with van der Waals surface area (Å²) in [6.45, 7) is 3.94. The van der Waals surface area contributed by atoms with E-state index >= 15 is 0 Å². The summed E-state index contributed by atoms with van der Waals surface area (Å²) in [6, 6.07) is 4.92. The molecule has 0 unspecified atom stereocenters. The molecule has 0 bridgehead atoms. The number of benzene rings is 1. The molecular formula is C14H14ClFN2O. The van der Waals surface area contributed by atoms with Gasteiger partial charge >= 0.3 is 0 Å². The highest BCUT2D eigenvalue weighted by molar-refractivity contribution is 6.30. The Morgan fingerprint density at radius 3 is 2.47 bits per heavy atom. The molecule has 1 heterocycles. The van der Waals surface area contributed by atoms with Crippen LogP contribution in [0.5, 0.6) is 11.6 Å². The number of pyridine rings is 1. The topological polar surface area (TPSA) is 48.1 Å². The van der Waals surface area contributed by atoms with Crippen molar-refractivity contribution in [3.63, 3.8) is 0 Å². The van der Waals surface area contributed by atoms with Crippen LogP contribution in [0, 0.1) is 19.7 Å². The first kappa shape index (κ1) is 13.8. The SMILES string of the molecule is Cc1cc(Cl)cc(C)c1Oc1ncc(F)cc1CN. The van der Waals surface area contributed by atoms with Crippen molar-refractivity contribution in [3.05, 3.63) is 51.9 Å². The lowest BCUT2D eigenvalue weighted by molar-refractivity contribution is 0.446. The van der Waals surface area contributed by atoms with E-state index < -0.39 is 5.82 Å². The van der Waals surface area contributed by atoms with Crippen LogP contribution in [0.1, 0.15) is 16.7 Å². The molecule has 5 heteroatoms. The highest BCUT2D eigenvalue weighted by atomic mass is 35.5. The second-order valence-corrected chi connectivity index (χ2v) is 4.73. The summed E-state index contributed by atoms with van der Waals surface area (Å²) in [4.78, 5) is 3.94. The van der Waals surface area contributed by atoms with Crippen molar-refractivity contribution in [1.82, 2.24) is 4.98 Å². The molecule has 100 valence electrons. The quantitative estimate of drug-likeness (QED) is 0.932. The first-order chi connectivity index (χ1) is 9.01. The zero-order valence-corrected chi connectivity index (χ0v) is 11.5. The van der Waals surface area contributed by atoms with Crippen molar-refractivity contribution in [2.24, 2.45) is 5.73 Å². The molecule has 2 N–H and O–H groups in total. The average molecular weight is 281 g/mol. The molecule has 0 radical (unpaired) electrons. The number of ether oxygens (including phenoxy) is 1. The van der Waals surface area contributed by atoms with Crippen LogP contribution in [-0.2, 0) is 6.54 Å². The molecule has 0 atom stereocenters. The van der Waals surface area contributed by atoms with Crippen LogP contribution < -0.4 is 10.5 Å². The van der Waals surface area contributed by atoms with Crippen molar-refractivity contribution >= 4 is 11.6 Å². The third kappa shape index (κ3) is 3.03. The molecule has 0 amide bonds. The fraction of sp³-hybridized carbons (Fsp3) is 0.214. The highest BCUT2D eigenvalue weighted by Gasteiger charge is 2.11. The first-order valence-electron chi connectivity index (χ1n) is 5.80. The minimum atomic E-state index is -0.433. The summed E-state index contributed by atoms with van der Waals surface area (Å²) in [5.74, 6) is 0.549. The van der Waals surface area contributed by atoms with Crippen molar-refractivity contribution < 1.29 is 9.13 Å². The van der Waals surface area contributed by atoms with Gasteiger partial charge in [0.05, 0.1) is 6.20 Å². The Kier molecular flexibility index (Phi) is 4.02. The number of aromatic nitrogens is 1. The van der Waals surface area contributed by atoms with Crippen molar-refractivity contribution in [2.75, 3.05) is 0 Å². The monoisotopic (exact) mass is 280 g/mol. The van der Waals surface area contributed by atoms with Crippen LogP contribution in [0.4, 0.5) is 4.39 Å². The summed E-state index contributed by atoms with van der Waals surface area (Å²) >= 11 is 5.96. The van der Waals surface area contributed by atoms with Crippen molar-refractivity contribution in [2.45, 2.75) is 20.4 Å². The number of nitrogens with zero attached hydrogens (tertiary/aromatic N) is 1. The Balaban J connectivity index is 2.42. The average Bonchev–Trinajstić information content (AvgIpc) is 2.35. The van der Waals surface area contributed by atoms with E-state index in [2.05, 4.69) is 4.98 Å². The van der Waals surface area contributed by atoms with E-state index in [0.717, 1.165) is 17.3 Å². The lowest BCUT2D eigenvalue weighted by Crippen LogP contribution is -2.03. The highest BCUT2D eigenvalue weighted by Crippen LogP contribution is 2.31. The number of nitrogens with two attached hydrogens (primary N) is 1. The molecule has 1 aromatic heterocycles. The van der Waals surface area contributed by atoms with Gasteiger partial charge in [-0.15, -0.1) is 0 Å². The molecule has 0 aliphatic rings. The van der Waals surface area contributed by atoms with Gasteiger partial charge in [-0.2, -0.15) is 0 Å². The van der Waals surface area contributed by atoms with E-state index in [1.54, 1.807) is 12.1 Å². The van der Waals surface area contributed by atoms with Gasteiger partial charge in [0.2, 0.25) is 5.88 Å². The normalized spacial score (nSPS) is 10.6. The minimum absolute atomic E-state index is 0.159. The van der Waals surface area contributed by atoms with Crippen LogP contribution in [0.2, 0.25) is 5.02 Å². The van der Waals surface area contributed by atoms with E-state index in [0.29, 0.717) is 22.2 Å². The van der Waals surface area contributed by atoms with Crippen LogP contribution in [0.15, 0.2) is 24.4 Å². The second-order valence-electron chi connectivity index (χ2n) is 4.29. The van der Waals surface area contributed by atoms with Gasteiger partial charge in [-0.25, -0.2) is 9.37 Å². The lowest BCUT2D eigenvalue weighted by atomic mass is 10.1. The Labute approximate surface area is 116 Å². The van der Waals surface area contributed by atoms with Gasteiger partial charge in [-0.1, -0.05) is 11.6 Å². The molecule has 0 saturated carbocycles. The largest absolute Gasteiger partial charge is 0.438 e. The molecule has 1 aromatic carbocycles. The molecule has 0 saturated heterocycles. The summed E-state index contributed by atoms with van der Waals surface area (Å²) in [6.07, 6.45) is 1.11. The van der Waals surface area contributed by atoms with Gasteiger partial charge in [0.1, 0.15) is 11.6 Å². The van der Waals surface area contributed by atoms with E-state index in [1.165, 1.54) is 6.07 Å². The van der Waals surface area contributed by atoms with Gasteiger partial charge in [0.25, 0.3) is 0 Å². The molecule has 0 aliphatic heterocycles. The van der Waals surface area contributed by atoms with Crippen LogP contribution in [0.3, 0.4) is 0 Å². The summed E-state index contributed by atoms with van der Waals surface area (Å²) in [5, 5.41) is 0.647. The third-order valence-electron chi connectivity index (χ3n) is 2.74. The third-order valence-corrected chi connectivity index (χ3v) is 2.95. The number of aryl methyl sites for hydroxylation is 2. The molecule has 2 aromatic rings. The molecule has 0 fully saturated rings. The second kappa shape index (κ2) is 5.55. The van der Waals surface area contributed by atoms with Gasteiger partial charge < -0.3 is 10.5 Å². The van der Waals surface area contributed by atoms with Gasteiger partial charge in [-0.3, -0.25) is 0 Å². The number of halogens is 2. The minimum Gasteiger partial charge on any atom is -0.438 e. The summed E-state index contributed by atoms with van der Waals surface area (Å²) < 4.78 is 18.8. The first-order valence-corrected chi connectivity index (χ1v) is 6.18. The summed E-state index contributed by atoms with van der Waals surface area (Å²) in [7, 11) is 0. The molecule has 19 heavy (non-hydrogen) atoms. The zero-order chi connectivity index (χ0) is 14.0. The smallest absolute Gasteiger partial charge is 0.223 e. The maximum atomic E-state index is 13.1. The maximum absolute atomic E-state index is 13.1. The Morgan fingerprint density at radius 2 is 1.89 bits per heavy atom. The fourth-order valence-electron chi connectivity index (χ4n) is 1.86.